The van der Waals surface area contributed by atoms with Crippen molar-refractivity contribution in [1.82, 2.24) is 0 Å². The molecular weight excluding hydrogens is 160 g/mol. The summed E-state index contributed by atoms with van der Waals surface area (Å²) in [4.78, 5) is 0. The third-order valence-corrected chi connectivity index (χ3v) is 2.93. The van der Waals surface area contributed by atoms with E-state index >= 15 is 0 Å². The fourth-order valence-electron chi connectivity index (χ4n) is 2.24. The number of hydrogen-bond acceptors (Lipinski definition) is 1. The van der Waals surface area contributed by atoms with E-state index in [0.29, 0.717) is 0 Å². The monoisotopic (exact) mass is 176 g/mol. The molecule has 0 saturated heterocycles. The van der Waals surface area contributed by atoms with Gasteiger partial charge in [0.15, 0.2) is 0 Å². The molecule has 1 aliphatic rings. The Labute approximate surface area is 79.7 Å². The van der Waals surface area contributed by atoms with Gasteiger partial charge in [-0.25, -0.2) is 0 Å². The van der Waals surface area contributed by atoms with Crippen LogP contribution in [0.15, 0.2) is 24.3 Å². The highest BCUT2D eigenvalue weighted by atomic mass is 16.5. The van der Waals surface area contributed by atoms with Crippen LogP contribution in [0.2, 0.25) is 0 Å². The predicted octanol–water partition coefficient (Wildman–Crippen LogP) is 3.35. The van der Waals surface area contributed by atoms with Crippen molar-refractivity contribution in [3.8, 4) is 5.75 Å². The molecule has 0 aromatic heterocycles. The molecule has 1 aromatic carbocycles. The van der Waals surface area contributed by atoms with E-state index in [2.05, 4.69) is 18.2 Å². The summed E-state index contributed by atoms with van der Waals surface area (Å²) in [6.45, 7) is 0. The van der Waals surface area contributed by atoms with Crippen molar-refractivity contribution >= 4 is 0 Å². The van der Waals surface area contributed by atoms with Crippen LogP contribution in [0, 0.1) is 0 Å². The Balaban J connectivity index is 2.26. The highest BCUT2D eigenvalue weighted by Gasteiger charge is 2.19. The molecule has 1 aliphatic carbocycles. The lowest BCUT2D eigenvalue weighted by molar-refractivity contribution is 0.405. The van der Waals surface area contributed by atoms with Crippen molar-refractivity contribution < 1.29 is 4.74 Å². The van der Waals surface area contributed by atoms with Crippen molar-refractivity contribution in [2.75, 3.05) is 7.11 Å². The largest absolute Gasteiger partial charge is 0.496 e. The fourth-order valence-corrected chi connectivity index (χ4v) is 2.24. The van der Waals surface area contributed by atoms with E-state index in [1.54, 1.807) is 7.11 Å². The minimum absolute atomic E-state index is 0.746. The summed E-state index contributed by atoms with van der Waals surface area (Å²) in [7, 11) is 1.76. The lowest BCUT2D eigenvalue weighted by Gasteiger charge is -2.13. The molecule has 1 nitrogen and oxygen atoms in total. The van der Waals surface area contributed by atoms with E-state index in [0.717, 1.165) is 11.7 Å². The molecular formula is C12H16O. The summed E-state index contributed by atoms with van der Waals surface area (Å²) in [6, 6.07) is 8.41. The van der Waals surface area contributed by atoms with Crippen LogP contribution in [0.1, 0.15) is 37.2 Å². The zero-order chi connectivity index (χ0) is 9.10. The summed E-state index contributed by atoms with van der Waals surface area (Å²) < 4.78 is 5.36. The number of hydrogen-bond donors (Lipinski definition) is 0. The topological polar surface area (TPSA) is 9.23 Å². The lowest BCUT2D eigenvalue weighted by atomic mass is 9.97. The molecule has 0 amide bonds. The van der Waals surface area contributed by atoms with Crippen LogP contribution < -0.4 is 4.74 Å². The molecule has 0 spiro atoms. The zero-order valence-corrected chi connectivity index (χ0v) is 8.12. The van der Waals surface area contributed by atoms with Gasteiger partial charge in [0.05, 0.1) is 7.11 Å². The molecule has 1 aromatic rings. The van der Waals surface area contributed by atoms with Crippen LogP contribution in [0.25, 0.3) is 0 Å². The average Bonchev–Trinajstić information content (AvgIpc) is 2.70. The predicted molar refractivity (Wildman–Crippen MR) is 54.2 cm³/mol. The van der Waals surface area contributed by atoms with E-state index in [4.69, 9.17) is 4.74 Å². The van der Waals surface area contributed by atoms with Gasteiger partial charge in [-0.15, -0.1) is 0 Å². The number of ether oxygens (including phenoxy) is 1. The smallest absolute Gasteiger partial charge is 0.122 e. The van der Waals surface area contributed by atoms with Gasteiger partial charge in [0.25, 0.3) is 0 Å². The SMILES string of the molecule is COc1ccccc1C1CCCC1. The second-order valence-corrected chi connectivity index (χ2v) is 3.72. The summed E-state index contributed by atoms with van der Waals surface area (Å²) >= 11 is 0. The molecule has 0 heterocycles. The normalized spacial score (nSPS) is 17.6. The summed E-state index contributed by atoms with van der Waals surface area (Å²) in [5.74, 6) is 1.81. The Hall–Kier alpha value is -0.980. The molecule has 2 rings (SSSR count). The standard InChI is InChI=1S/C12H16O/c1-13-12-9-5-4-8-11(12)10-6-2-3-7-10/h4-5,8-10H,2-3,6-7H2,1H3. The van der Waals surface area contributed by atoms with Crippen molar-refractivity contribution in [2.45, 2.75) is 31.6 Å². The second-order valence-electron chi connectivity index (χ2n) is 3.72. The number of para-hydroxylation sites is 1. The van der Waals surface area contributed by atoms with Crippen LogP contribution in [0.5, 0.6) is 5.75 Å². The van der Waals surface area contributed by atoms with Gasteiger partial charge in [0.2, 0.25) is 0 Å². The first kappa shape index (κ1) is 8.61. The Bertz CT molecular complexity index is 274. The molecule has 1 saturated carbocycles. The van der Waals surface area contributed by atoms with E-state index in [9.17, 15) is 0 Å². The van der Waals surface area contributed by atoms with E-state index in [-0.39, 0.29) is 0 Å². The van der Waals surface area contributed by atoms with Gasteiger partial charge in [0, 0.05) is 0 Å². The Morgan fingerprint density at radius 3 is 2.54 bits per heavy atom. The molecule has 0 radical (unpaired) electrons. The van der Waals surface area contributed by atoms with Crippen molar-refractivity contribution in [1.29, 1.82) is 0 Å². The number of methoxy groups -OCH3 is 1. The maximum atomic E-state index is 5.36. The number of benzene rings is 1. The maximum Gasteiger partial charge on any atom is 0.122 e. The molecule has 0 atom stereocenters. The Kier molecular flexibility index (Phi) is 2.53. The Morgan fingerprint density at radius 1 is 1.15 bits per heavy atom. The summed E-state index contributed by atoms with van der Waals surface area (Å²) in [5, 5.41) is 0. The highest BCUT2D eigenvalue weighted by Crippen LogP contribution is 2.38. The lowest BCUT2D eigenvalue weighted by Crippen LogP contribution is -1.96. The highest BCUT2D eigenvalue weighted by molar-refractivity contribution is 5.36. The zero-order valence-electron chi connectivity index (χ0n) is 8.12. The Morgan fingerprint density at radius 2 is 1.85 bits per heavy atom. The quantitative estimate of drug-likeness (QED) is 0.671. The van der Waals surface area contributed by atoms with Gasteiger partial charge in [-0.1, -0.05) is 31.0 Å². The average molecular weight is 176 g/mol. The van der Waals surface area contributed by atoms with E-state index in [1.807, 2.05) is 6.07 Å². The molecule has 0 N–H and O–H groups in total. The molecule has 1 heteroatoms. The van der Waals surface area contributed by atoms with Gasteiger partial charge >= 0.3 is 0 Å². The summed E-state index contributed by atoms with van der Waals surface area (Å²) in [6.07, 6.45) is 5.42. The minimum atomic E-state index is 0.746. The molecule has 0 unspecified atom stereocenters. The van der Waals surface area contributed by atoms with Gasteiger partial charge in [-0.3, -0.25) is 0 Å². The molecule has 70 valence electrons. The third-order valence-electron chi connectivity index (χ3n) is 2.93. The molecule has 13 heavy (non-hydrogen) atoms. The minimum Gasteiger partial charge on any atom is -0.496 e. The third kappa shape index (κ3) is 1.69. The van der Waals surface area contributed by atoms with E-state index in [1.165, 1.54) is 31.2 Å². The van der Waals surface area contributed by atoms with Gasteiger partial charge in [0.1, 0.15) is 5.75 Å². The van der Waals surface area contributed by atoms with Crippen LogP contribution in [0.4, 0.5) is 0 Å². The first-order valence-corrected chi connectivity index (χ1v) is 5.04. The van der Waals surface area contributed by atoms with Crippen molar-refractivity contribution in [3.05, 3.63) is 29.8 Å². The molecule has 0 aliphatic heterocycles. The van der Waals surface area contributed by atoms with Gasteiger partial charge in [-0.05, 0) is 30.4 Å². The maximum absolute atomic E-state index is 5.36. The van der Waals surface area contributed by atoms with E-state index < -0.39 is 0 Å². The van der Waals surface area contributed by atoms with Crippen molar-refractivity contribution in [2.24, 2.45) is 0 Å². The van der Waals surface area contributed by atoms with Crippen LogP contribution in [-0.2, 0) is 0 Å². The number of rotatable bonds is 2. The first-order valence-electron chi connectivity index (χ1n) is 5.04. The van der Waals surface area contributed by atoms with Gasteiger partial charge < -0.3 is 4.74 Å². The fraction of sp³-hybridized carbons (Fsp3) is 0.500. The molecule has 0 bridgehead atoms. The van der Waals surface area contributed by atoms with Crippen LogP contribution in [-0.4, -0.2) is 7.11 Å². The second kappa shape index (κ2) is 3.82. The van der Waals surface area contributed by atoms with Crippen LogP contribution in [0.3, 0.4) is 0 Å². The summed E-state index contributed by atoms with van der Waals surface area (Å²) in [5.41, 5.74) is 1.41. The molecule has 1 fully saturated rings. The van der Waals surface area contributed by atoms with Gasteiger partial charge in [-0.2, -0.15) is 0 Å². The first-order chi connectivity index (χ1) is 6.42. The van der Waals surface area contributed by atoms with Crippen molar-refractivity contribution in [3.63, 3.8) is 0 Å². The van der Waals surface area contributed by atoms with Crippen LogP contribution >= 0.6 is 0 Å².